The van der Waals surface area contributed by atoms with E-state index in [2.05, 4.69) is 10.6 Å². The minimum Gasteiger partial charge on any atom is -0.342 e. The zero-order valence-electron chi connectivity index (χ0n) is 7.38. The molecule has 4 nitrogen and oxygen atoms in total. The van der Waals surface area contributed by atoms with Crippen molar-refractivity contribution in [2.24, 2.45) is 5.92 Å². The van der Waals surface area contributed by atoms with Crippen LogP contribution in [0.4, 0.5) is 0 Å². The first-order valence-corrected chi connectivity index (χ1v) is 5.40. The number of hydrogen-bond acceptors (Lipinski definition) is 4. The summed E-state index contributed by atoms with van der Waals surface area (Å²) < 4.78 is 0. The van der Waals surface area contributed by atoms with Gasteiger partial charge in [0.15, 0.2) is 0 Å². The fourth-order valence-electron chi connectivity index (χ4n) is 0.974. The molecule has 1 rings (SSSR count). The summed E-state index contributed by atoms with van der Waals surface area (Å²) in [6.07, 6.45) is 0. The maximum absolute atomic E-state index is 11.0. The van der Waals surface area contributed by atoms with Crippen LogP contribution in [0.15, 0.2) is 0 Å². The Kier molecular flexibility index (Phi) is 4.65. The van der Waals surface area contributed by atoms with Crippen LogP contribution < -0.4 is 10.6 Å². The van der Waals surface area contributed by atoms with Gasteiger partial charge in [0.05, 0.1) is 11.8 Å². The van der Waals surface area contributed by atoms with Crippen molar-refractivity contribution in [1.29, 1.82) is 5.26 Å². The summed E-state index contributed by atoms with van der Waals surface area (Å²) in [4.78, 5) is 11.0. The molecule has 1 saturated heterocycles. The second-order valence-corrected chi connectivity index (χ2v) is 4.00. The molecule has 2 N–H and O–H groups in total. The Labute approximate surface area is 82.1 Å². The van der Waals surface area contributed by atoms with Crippen molar-refractivity contribution in [3.63, 3.8) is 0 Å². The summed E-state index contributed by atoms with van der Waals surface area (Å²) in [7, 11) is 0. The molecule has 13 heavy (non-hydrogen) atoms. The number of carbonyl (C=O) groups is 1. The minimum atomic E-state index is -0.0427. The monoisotopic (exact) mass is 199 g/mol. The molecule has 0 aromatic rings. The minimum absolute atomic E-state index is 0.0427. The highest BCUT2D eigenvalue weighted by Gasteiger charge is 2.16. The van der Waals surface area contributed by atoms with Crippen LogP contribution in [-0.4, -0.2) is 37.0 Å². The number of nitrogens with one attached hydrogen (secondary N) is 2. The molecule has 72 valence electrons. The molecule has 0 aromatic heterocycles. The quantitative estimate of drug-likeness (QED) is 0.590. The smallest absolute Gasteiger partial charge is 0.230 e. The normalized spacial score (nSPS) is 15.9. The van der Waals surface area contributed by atoms with Gasteiger partial charge in [-0.25, -0.2) is 0 Å². The van der Waals surface area contributed by atoms with Gasteiger partial charge in [0.25, 0.3) is 0 Å². The van der Waals surface area contributed by atoms with Gasteiger partial charge in [0.2, 0.25) is 5.91 Å². The van der Waals surface area contributed by atoms with Crippen LogP contribution in [0.5, 0.6) is 0 Å². The lowest BCUT2D eigenvalue weighted by Crippen LogP contribution is -2.43. The van der Waals surface area contributed by atoms with Gasteiger partial charge in [0, 0.05) is 0 Å². The van der Waals surface area contributed by atoms with Gasteiger partial charge in [-0.2, -0.15) is 17.0 Å². The highest BCUT2D eigenvalue weighted by Crippen LogP contribution is 2.11. The molecule has 0 radical (unpaired) electrons. The third-order valence-electron chi connectivity index (χ3n) is 1.82. The summed E-state index contributed by atoms with van der Waals surface area (Å²) in [5, 5.41) is 13.9. The third kappa shape index (κ3) is 4.15. The van der Waals surface area contributed by atoms with Crippen molar-refractivity contribution in [3.8, 4) is 6.07 Å². The lowest BCUT2D eigenvalue weighted by molar-refractivity contribution is -0.118. The van der Waals surface area contributed by atoms with E-state index in [1.165, 1.54) is 0 Å². The van der Waals surface area contributed by atoms with Crippen LogP contribution in [0.1, 0.15) is 0 Å². The van der Waals surface area contributed by atoms with E-state index < -0.39 is 0 Å². The average molecular weight is 199 g/mol. The molecule has 1 fully saturated rings. The topological polar surface area (TPSA) is 64.9 Å². The van der Waals surface area contributed by atoms with E-state index in [1.54, 1.807) is 11.8 Å². The molecule has 0 aromatic carbocycles. The van der Waals surface area contributed by atoms with Crippen LogP contribution in [0, 0.1) is 17.2 Å². The van der Waals surface area contributed by atoms with E-state index in [0.29, 0.717) is 5.75 Å². The summed E-state index contributed by atoms with van der Waals surface area (Å²) in [6, 6.07) is 1.87. The highest BCUT2D eigenvalue weighted by atomic mass is 32.2. The van der Waals surface area contributed by atoms with Crippen molar-refractivity contribution in [2.45, 2.75) is 0 Å². The van der Waals surface area contributed by atoms with Crippen molar-refractivity contribution < 1.29 is 4.79 Å². The van der Waals surface area contributed by atoms with Crippen LogP contribution in [0.3, 0.4) is 0 Å². The van der Waals surface area contributed by atoms with Gasteiger partial charge >= 0.3 is 0 Å². The Balaban J connectivity index is 1.92. The fourth-order valence-corrected chi connectivity index (χ4v) is 1.95. The molecule has 1 amide bonds. The first-order chi connectivity index (χ1) is 6.33. The first-order valence-electron chi connectivity index (χ1n) is 4.25. The standard InChI is InChI=1S/C8H13N3OS/c9-1-2-11-8(12)6-13-5-7-3-10-4-7/h7,10H,2-6H2,(H,11,12). The van der Waals surface area contributed by atoms with Gasteiger partial charge in [-0.05, 0) is 24.8 Å². The lowest BCUT2D eigenvalue weighted by atomic mass is 10.1. The molecule has 0 unspecified atom stereocenters. The number of nitriles is 1. The molecule has 0 bridgehead atoms. The van der Waals surface area contributed by atoms with E-state index in [9.17, 15) is 4.79 Å². The number of thioether (sulfide) groups is 1. The Morgan fingerprint density at radius 2 is 2.46 bits per heavy atom. The van der Waals surface area contributed by atoms with Gasteiger partial charge in [-0.15, -0.1) is 0 Å². The molecule has 0 spiro atoms. The Morgan fingerprint density at radius 1 is 1.69 bits per heavy atom. The number of carbonyl (C=O) groups excluding carboxylic acids is 1. The number of nitrogens with zero attached hydrogens (tertiary/aromatic N) is 1. The van der Waals surface area contributed by atoms with Gasteiger partial charge in [-0.3, -0.25) is 4.79 Å². The summed E-state index contributed by atoms with van der Waals surface area (Å²) in [5.74, 6) is 2.19. The Hall–Kier alpha value is -0.730. The van der Waals surface area contributed by atoms with Crippen LogP contribution in [-0.2, 0) is 4.79 Å². The van der Waals surface area contributed by atoms with Crippen molar-refractivity contribution in [1.82, 2.24) is 10.6 Å². The van der Waals surface area contributed by atoms with Gasteiger partial charge in [-0.1, -0.05) is 0 Å². The lowest BCUT2D eigenvalue weighted by Gasteiger charge is -2.26. The maximum Gasteiger partial charge on any atom is 0.230 e. The molecule has 1 aliphatic rings. The molecular formula is C8H13N3OS. The fraction of sp³-hybridized carbons (Fsp3) is 0.750. The van der Waals surface area contributed by atoms with E-state index >= 15 is 0 Å². The molecule has 1 heterocycles. The molecule has 5 heteroatoms. The third-order valence-corrected chi connectivity index (χ3v) is 2.99. The van der Waals surface area contributed by atoms with Gasteiger partial charge < -0.3 is 10.6 Å². The van der Waals surface area contributed by atoms with E-state index in [4.69, 9.17) is 5.26 Å². The van der Waals surface area contributed by atoms with E-state index in [1.807, 2.05) is 6.07 Å². The predicted octanol–water partition coefficient (Wildman–Crippen LogP) is -0.421. The highest BCUT2D eigenvalue weighted by molar-refractivity contribution is 7.99. The molecule has 0 atom stereocenters. The largest absolute Gasteiger partial charge is 0.342 e. The van der Waals surface area contributed by atoms with Crippen molar-refractivity contribution in [2.75, 3.05) is 31.1 Å². The summed E-state index contributed by atoms with van der Waals surface area (Å²) >= 11 is 1.63. The zero-order chi connectivity index (χ0) is 9.52. The molecular weight excluding hydrogens is 186 g/mol. The van der Waals surface area contributed by atoms with Crippen LogP contribution >= 0.6 is 11.8 Å². The maximum atomic E-state index is 11.0. The zero-order valence-corrected chi connectivity index (χ0v) is 8.19. The average Bonchev–Trinajstić information content (AvgIpc) is 2.06. The second-order valence-electron chi connectivity index (χ2n) is 2.97. The number of rotatable bonds is 5. The molecule has 0 saturated carbocycles. The van der Waals surface area contributed by atoms with Crippen molar-refractivity contribution in [3.05, 3.63) is 0 Å². The first kappa shape index (κ1) is 10.4. The van der Waals surface area contributed by atoms with Gasteiger partial charge in [0.1, 0.15) is 6.54 Å². The Morgan fingerprint density at radius 3 is 3.00 bits per heavy atom. The van der Waals surface area contributed by atoms with E-state index in [0.717, 1.165) is 24.8 Å². The van der Waals surface area contributed by atoms with Crippen molar-refractivity contribution >= 4 is 17.7 Å². The van der Waals surface area contributed by atoms with Crippen LogP contribution in [0.25, 0.3) is 0 Å². The second kappa shape index (κ2) is 5.84. The number of amides is 1. The summed E-state index contributed by atoms with van der Waals surface area (Å²) in [6.45, 7) is 2.27. The molecule has 0 aliphatic carbocycles. The molecule has 1 aliphatic heterocycles. The predicted molar refractivity (Wildman–Crippen MR) is 52.3 cm³/mol. The SMILES string of the molecule is N#CCNC(=O)CSCC1CNC1. The number of hydrogen-bond donors (Lipinski definition) is 2. The Bertz CT molecular complexity index is 210. The summed E-state index contributed by atoms with van der Waals surface area (Å²) in [5.41, 5.74) is 0. The van der Waals surface area contributed by atoms with E-state index in [-0.39, 0.29) is 12.5 Å². The van der Waals surface area contributed by atoms with Crippen LogP contribution in [0.2, 0.25) is 0 Å².